The van der Waals surface area contributed by atoms with Crippen molar-refractivity contribution in [3.8, 4) is 0 Å². The van der Waals surface area contributed by atoms with Gasteiger partial charge >= 0.3 is 6.09 Å². The highest BCUT2D eigenvalue weighted by atomic mass is 16.6. The number of nitrogens with zero attached hydrogens (tertiary/aromatic N) is 1. The summed E-state index contributed by atoms with van der Waals surface area (Å²) < 4.78 is 10.6. The minimum absolute atomic E-state index is 0.0726. The number of carbonyl (C=O) groups excluding carboxylic acids is 1. The summed E-state index contributed by atoms with van der Waals surface area (Å²) in [6.45, 7) is 11.0. The van der Waals surface area contributed by atoms with Crippen LogP contribution in [0.1, 0.15) is 34.6 Å². The highest BCUT2D eigenvalue weighted by Crippen LogP contribution is 2.24. The molecule has 17 heavy (non-hydrogen) atoms. The lowest BCUT2D eigenvalue weighted by molar-refractivity contribution is -0.0960. The summed E-state index contributed by atoms with van der Waals surface area (Å²) in [7, 11) is 0. The van der Waals surface area contributed by atoms with Crippen LogP contribution in [0, 0.1) is 0 Å². The van der Waals surface area contributed by atoms with Crippen LogP contribution in [0.25, 0.3) is 0 Å². The van der Waals surface area contributed by atoms with Gasteiger partial charge in [-0.25, -0.2) is 4.79 Å². The third kappa shape index (κ3) is 3.57. The van der Waals surface area contributed by atoms with Gasteiger partial charge in [0.2, 0.25) is 0 Å². The fourth-order valence-corrected chi connectivity index (χ4v) is 1.67. The van der Waals surface area contributed by atoms with E-state index in [0.29, 0.717) is 19.8 Å². The molecule has 5 nitrogen and oxygen atoms in total. The van der Waals surface area contributed by atoms with Gasteiger partial charge in [-0.3, -0.25) is 4.90 Å². The smallest absolute Gasteiger partial charge is 0.411 e. The number of carbonyl (C=O) groups is 1. The fourth-order valence-electron chi connectivity index (χ4n) is 1.67. The molecule has 0 aromatic heterocycles. The summed E-state index contributed by atoms with van der Waals surface area (Å²) in [6.07, 6.45) is -0.318. The second-order valence-corrected chi connectivity index (χ2v) is 6.06. The monoisotopic (exact) mass is 244 g/mol. The molecule has 5 heteroatoms. The highest BCUT2D eigenvalue weighted by molar-refractivity contribution is 5.69. The Morgan fingerprint density at radius 1 is 1.35 bits per heavy atom. The molecule has 1 amide bonds. The third-order valence-electron chi connectivity index (χ3n) is 2.73. The van der Waals surface area contributed by atoms with Crippen LogP contribution in [0.5, 0.6) is 0 Å². The average Bonchev–Trinajstić information content (AvgIpc) is 2.07. The maximum Gasteiger partial charge on any atom is 0.411 e. The Morgan fingerprint density at radius 3 is 2.18 bits per heavy atom. The minimum atomic E-state index is -0.495. The van der Waals surface area contributed by atoms with Crippen LogP contribution in [0.3, 0.4) is 0 Å². The van der Waals surface area contributed by atoms with E-state index in [1.807, 2.05) is 34.6 Å². The van der Waals surface area contributed by atoms with Gasteiger partial charge in [-0.1, -0.05) is 0 Å². The lowest BCUT2D eigenvalue weighted by Gasteiger charge is -2.46. The molecular weight excluding hydrogens is 220 g/mol. The van der Waals surface area contributed by atoms with E-state index in [4.69, 9.17) is 15.2 Å². The van der Waals surface area contributed by atoms with Gasteiger partial charge in [0.05, 0.1) is 24.8 Å². The molecule has 0 bridgehead atoms. The second kappa shape index (κ2) is 4.82. The zero-order valence-corrected chi connectivity index (χ0v) is 11.4. The summed E-state index contributed by atoms with van der Waals surface area (Å²) in [4.78, 5) is 13.9. The first-order valence-corrected chi connectivity index (χ1v) is 5.97. The molecule has 0 aromatic carbocycles. The molecule has 1 aliphatic heterocycles. The Kier molecular flexibility index (Phi) is 4.04. The molecule has 100 valence electrons. The minimum Gasteiger partial charge on any atom is -0.444 e. The molecule has 0 atom stereocenters. The predicted octanol–water partition coefficient (Wildman–Crippen LogP) is 1.36. The van der Waals surface area contributed by atoms with E-state index >= 15 is 0 Å². The van der Waals surface area contributed by atoms with Gasteiger partial charge in [0, 0.05) is 6.54 Å². The zero-order chi connectivity index (χ0) is 13.3. The maximum absolute atomic E-state index is 12.2. The van der Waals surface area contributed by atoms with E-state index < -0.39 is 11.1 Å². The molecule has 1 aliphatic rings. The maximum atomic E-state index is 12.2. The predicted molar refractivity (Wildman–Crippen MR) is 65.8 cm³/mol. The van der Waals surface area contributed by atoms with Crippen molar-refractivity contribution < 1.29 is 14.3 Å². The molecule has 0 radical (unpaired) electrons. The van der Waals surface area contributed by atoms with Crippen molar-refractivity contribution in [3.05, 3.63) is 0 Å². The lowest BCUT2D eigenvalue weighted by Crippen LogP contribution is -2.63. The van der Waals surface area contributed by atoms with E-state index in [9.17, 15) is 4.79 Å². The van der Waals surface area contributed by atoms with Crippen molar-refractivity contribution in [2.75, 3.05) is 19.8 Å². The highest BCUT2D eigenvalue weighted by Gasteiger charge is 2.41. The van der Waals surface area contributed by atoms with Crippen LogP contribution in [0.4, 0.5) is 4.79 Å². The van der Waals surface area contributed by atoms with E-state index in [1.54, 1.807) is 4.90 Å². The molecule has 0 aliphatic carbocycles. The van der Waals surface area contributed by atoms with Gasteiger partial charge in [-0.15, -0.1) is 0 Å². The van der Waals surface area contributed by atoms with Gasteiger partial charge in [0.25, 0.3) is 0 Å². The van der Waals surface area contributed by atoms with Crippen LogP contribution in [-0.2, 0) is 9.47 Å². The van der Waals surface area contributed by atoms with Crippen LogP contribution in [0.15, 0.2) is 0 Å². The average molecular weight is 244 g/mol. The van der Waals surface area contributed by atoms with E-state index in [1.165, 1.54) is 0 Å². The number of hydrogen-bond acceptors (Lipinski definition) is 4. The van der Waals surface area contributed by atoms with Crippen molar-refractivity contribution in [1.29, 1.82) is 0 Å². The standard InChI is InChI=1S/C12H24N2O3/c1-11(2,3)17-10(15)14(9-6-16-7-9)12(4,5)8-13/h9H,6-8,13H2,1-5H3. The Balaban J connectivity index is 2.79. The molecule has 0 spiro atoms. The van der Waals surface area contributed by atoms with Gasteiger partial charge < -0.3 is 15.2 Å². The van der Waals surface area contributed by atoms with Crippen LogP contribution in [0.2, 0.25) is 0 Å². The molecule has 0 saturated carbocycles. The first kappa shape index (κ1) is 14.3. The number of amides is 1. The molecular formula is C12H24N2O3. The molecule has 1 saturated heterocycles. The third-order valence-corrected chi connectivity index (χ3v) is 2.73. The molecule has 0 unspecified atom stereocenters. The van der Waals surface area contributed by atoms with Crippen molar-refractivity contribution in [1.82, 2.24) is 4.90 Å². The normalized spacial score (nSPS) is 17.5. The summed E-state index contributed by atoms with van der Waals surface area (Å²) in [5, 5.41) is 0. The van der Waals surface area contributed by atoms with Crippen molar-refractivity contribution in [3.63, 3.8) is 0 Å². The van der Waals surface area contributed by atoms with Crippen molar-refractivity contribution >= 4 is 6.09 Å². The SMILES string of the molecule is CC(C)(C)OC(=O)N(C1COC1)C(C)(C)CN. The number of nitrogens with two attached hydrogens (primary N) is 1. The molecule has 1 fully saturated rings. The van der Waals surface area contributed by atoms with Crippen molar-refractivity contribution in [2.24, 2.45) is 5.73 Å². The molecule has 2 N–H and O–H groups in total. The van der Waals surface area contributed by atoms with Crippen LogP contribution < -0.4 is 5.73 Å². The first-order valence-electron chi connectivity index (χ1n) is 5.97. The van der Waals surface area contributed by atoms with Crippen LogP contribution >= 0.6 is 0 Å². The fraction of sp³-hybridized carbons (Fsp3) is 0.917. The van der Waals surface area contributed by atoms with E-state index in [2.05, 4.69) is 0 Å². The summed E-state index contributed by atoms with van der Waals surface area (Å²) in [5.41, 5.74) is 4.82. The number of hydrogen-bond donors (Lipinski definition) is 1. The zero-order valence-electron chi connectivity index (χ0n) is 11.4. The van der Waals surface area contributed by atoms with Crippen molar-refractivity contribution in [2.45, 2.75) is 51.8 Å². The Labute approximate surface area is 103 Å². The Hall–Kier alpha value is -0.810. The Morgan fingerprint density at radius 2 is 1.88 bits per heavy atom. The second-order valence-electron chi connectivity index (χ2n) is 6.06. The molecule has 1 heterocycles. The van der Waals surface area contributed by atoms with Gasteiger partial charge in [-0.2, -0.15) is 0 Å². The summed E-state index contributed by atoms with van der Waals surface area (Å²) in [6, 6.07) is 0.0726. The van der Waals surface area contributed by atoms with E-state index in [0.717, 1.165) is 0 Å². The van der Waals surface area contributed by atoms with Gasteiger partial charge in [0.15, 0.2) is 0 Å². The van der Waals surface area contributed by atoms with Gasteiger partial charge in [0.1, 0.15) is 5.60 Å². The molecule has 0 aromatic rings. The number of ether oxygens (including phenoxy) is 2. The van der Waals surface area contributed by atoms with Gasteiger partial charge in [-0.05, 0) is 34.6 Å². The molecule has 1 rings (SSSR count). The largest absolute Gasteiger partial charge is 0.444 e. The summed E-state index contributed by atoms with van der Waals surface area (Å²) >= 11 is 0. The Bertz CT molecular complexity index is 280. The number of rotatable bonds is 3. The quantitative estimate of drug-likeness (QED) is 0.814. The first-order chi connectivity index (χ1) is 7.67. The lowest BCUT2D eigenvalue weighted by atomic mass is 10.00. The summed E-state index contributed by atoms with van der Waals surface area (Å²) in [5.74, 6) is 0. The van der Waals surface area contributed by atoms with Crippen LogP contribution in [-0.4, -0.2) is 47.9 Å². The topological polar surface area (TPSA) is 64.8 Å². The van der Waals surface area contributed by atoms with E-state index in [-0.39, 0.29) is 12.1 Å².